The molecule has 0 fully saturated rings. The van der Waals surface area contributed by atoms with Crippen molar-refractivity contribution in [3.05, 3.63) is 95.6 Å². The molecule has 5 heteroatoms. The molecule has 3 aromatic rings. The van der Waals surface area contributed by atoms with Gasteiger partial charge in [-0.2, -0.15) is 0 Å². The van der Waals surface area contributed by atoms with Crippen LogP contribution in [0.2, 0.25) is 0 Å². The highest BCUT2D eigenvalue weighted by Gasteiger charge is 2.17. The number of hydrogen-bond acceptors (Lipinski definition) is 4. The highest BCUT2D eigenvalue weighted by atomic mass is 16.6. The number of hydrogen-bond donors (Lipinski definition) is 1. The maximum absolute atomic E-state index is 12.4. The second kappa shape index (κ2) is 9.55. The first-order chi connectivity index (χ1) is 14.0. The van der Waals surface area contributed by atoms with Crippen molar-refractivity contribution in [1.82, 2.24) is 0 Å². The number of carbonyl (C=O) groups excluding carboxylic acids is 2. The molecule has 148 valence electrons. The zero-order valence-electron chi connectivity index (χ0n) is 16.4. The van der Waals surface area contributed by atoms with Gasteiger partial charge in [-0.3, -0.25) is 4.79 Å². The Bertz CT molecular complexity index is 968. The molecule has 0 saturated heterocycles. The molecule has 3 rings (SSSR count). The van der Waals surface area contributed by atoms with Gasteiger partial charge in [0, 0.05) is 11.3 Å². The van der Waals surface area contributed by atoms with E-state index in [2.05, 4.69) is 5.32 Å². The van der Waals surface area contributed by atoms with Gasteiger partial charge >= 0.3 is 5.97 Å². The molecule has 0 aliphatic heterocycles. The van der Waals surface area contributed by atoms with Crippen molar-refractivity contribution in [3.63, 3.8) is 0 Å². The van der Waals surface area contributed by atoms with E-state index in [9.17, 15) is 9.59 Å². The summed E-state index contributed by atoms with van der Waals surface area (Å²) in [5, 5.41) is 2.88. The minimum atomic E-state index is -0.759. The molecule has 0 aromatic heterocycles. The van der Waals surface area contributed by atoms with Crippen molar-refractivity contribution >= 4 is 17.6 Å². The first kappa shape index (κ1) is 20.1. The molecule has 0 radical (unpaired) electrons. The lowest BCUT2D eigenvalue weighted by Gasteiger charge is -2.14. The van der Waals surface area contributed by atoms with Crippen molar-refractivity contribution < 1.29 is 19.1 Å². The number of para-hydroxylation sites is 1. The van der Waals surface area contributed by atoms with Gasteiger partial charge in [-0.15, -0.1) is 0 Å². The van der Waals surface area contributed by atoms with Crippen LogP contribution >= 0.6 is 0 Å². The van der Waals surface area contributed by atoms with Crippen LogP contribution in [-0.4, -0.2) is 18.0 Å². The number of nitrogens with one attached hydrogen (secondary N) is 1. The Morgan fingerprint density at radius 2 is 1.55 bits per heavy atom. The van der Waals surface area contributed by atoms with E-state index in [1.807, 2.05) is 61.5 Å². The Morgan fingerprint density at radius 1 is 0.897 bits per heavy atom. The second-order valence-electron chi connectivity index (χ2n) is 6.65. The van der Waals surface area contributed by atoms with Crippen molar-refractivity contribution in [2.24, 2.45) is 0 Å². The molecule has 1 N–H and O–H groups in total. The zero-order valence-corrected chi connectivity index (χ0v) is 16.4. The molecule has 0 aliphatic carbocycles. The van der Waals surface area contributed by atoms with Crippen molar-refractivity contribution in [2.75, 3.05) is 5.32 Å². The fourth-order valence-corrected chi connectivity index (χ4v) is 2.69. The number of anilines is 1. The Kier molecular flexibility index (Phi) is 6.63. The van der Waals surface area contributed by atoms with Gasteiger partial charge in [-0.1, -0.05) is 48.5 Å². The van der Waals surface area contributed by atoms with Gasteiger partial charge in [0.25, 0.3) is 5.91 Å². The SMILES string of the molecule is Cc1ccccc1NC(=O)c1ccc(O[C@H](C)C(=O)OCc2ccccc2)cc1. The highest BCUT2D eigenvalue weighted by Crippen LogP contribution is 2.18. The van der Waals surface area contributed by atoms with E-state index in [0.29, 0.717) is 11.3 Å². The summed E-state index contributed by atoms with van der Waals surface area (Å²) in [6, 6.07) is 23.7. The van der Waals surface area contributed by atoms with Crippen LogP contribution in [0.3, 0.4) is 0 Å². The van der Waals surface area contributed by atoms with Crippen molar-refractivity contribution in [1.29, 1.82) is 0 Å². The third kappa shape index (κ3) is 5.69. The summed E-state index contributed by atoms with van der Waals surface area (Å²) >= 11 is 0. The number of amides is 1. The van der Waals surface area contributed by atoms with Crippen LogP contribution < -0.4 is 10.1 Å². The van der Waals surface area contributed by atoms with Gasteiger partial charge in [0.15, 0.2) is 6.10 Å². The lowest BCUT2D eigenvalue weighted by molar-refractivity contribution is -0.152. The standard InChI is InChI=1S/C24H23NO4/c1-17-8-6-7-11-22(17)25-23(26)20-12-14-21(15-13-20)29-18(2)24(27)28-16-19-9-4-3-5-10-19/h3-15,18H,16H2,1-2H3,(H,25,26)/t18-/m1/s1. The zero-order chi connectivity index (χ0) is 20.6. The topological polar surface area (TPSA) is 64.6 Å². The minimum Gasteiger partial charge on any atom is -0.479 e. The van der Waals surface area contributed by atoms with E-state index in [1.165, 1.54) is 0 Å². The average molecular weight is 389 g/mol. The number of benzene rings is 3. The maximum Gasteiger partial charge on any atom is 0.347 e. The summed E-state index contributed by atoms with van der Waals surface area (Å²) in [6.45, 7) is 3.77. The fourth-order valence-electron chi connectivity index (χ4n) is 2.69. The molecule has 1 amide bonds. The van der Waals surface area contributed by atoms with Crippen LogP contribution in [0.15, 0.2) is 78.9 Å². The van der Waals surface area contributed by atoms with E-state index in [0.717, 1.165) is 16.8 Å². The van der Waals surface area contributed by atoms with Crippen LogP contribution in [0.25, 0.3) is 0 Å². The van der Waals surface area contributed by atoms with E-state index >= 15 is 0 Å². The number of carbonyl (C=O) groups is 2. The van der Waals surface area contributed by atoms with Crippen LogP contribution in [0.5, 0.6) is 5.75 Å². The van der Waals surface area contributed by atoms with Crippen molar-refractivity contribution in [3.8, 4) is 5.75 Å². The molecular formula is C24H23NO4. The number of ether oxygens (including phenoxy) is 2. The molecule has 5 nitrogen and oxygen atoms in total. The third-order valence-electron chi connectivity index (χ3n) is 4.38. The van der Waals surface area contributed by atoms with E-state index < -0.39 is 12.1 Å². The van der Waals surface area contributed by atoms with Gasteiger partial charge in [-0.25, -0.2) is 4.79 Å². The summed E-state index contributed by atoms with van der Waals surface area (Å²) < 4.78 is 10.9. The predicted molar refractivity (Wildman–Crippen MR) is 112 cm³/mol. The monoisotopic (exact) mass is 389 g/mol. The second-order valence-corrected chi connectivity index (χ2v) is 6.65. The Balaban J connectivity index is 1.53. The third-order valence-corrected chi connectivity index (χ3v) is 4.38. The summed E-state index contributed by atoms with van der Waals surface area (Å²) in [5.41, 5.74) is 3.17. The number of aryl methyl sites for hydroxylation is 1. The Hall–Kier alpha value is -3.60. The van der Waals surface area contributed by atoms with Crippen LogP contribution in [0, 0.1) is 6.92 Å². The predicted octanol–water partition coefficient (Wildman–Crippen LogP) is 4.76. The first-order valence-corrected chi connectivity index (χ1v) is 9.37. The van der Waals surface area contributed by atoms with Gasteiger partial charge in [0.1, 0.15) is 12.4 Å². The van der Waals surface area contributed by atoms with Crippen molar-refractivity contribution in [2.45, 2.75) is 26.6 Å². The number of rotatable bonds is 7. The quantitative estimate of drug-likeness (QED) is 0.592. The Morgan fingerprint density at radius 3 is 2.24 bits per heavy atom. The molecule has 0 unspecified atom stereocenters. The molecular weight excluding hydrogens is 366 g/mol. The summed E-state index contributed by atoms with van der Waals surface area (Å²) in [7, 11) is 0. The normalized spacial score (nSPS) is 11.4. The van der Waals surface area contributed by atoms with Gasteiger partial charge < -0.3 is 14.8 Å². The maximum atomic E-state index is 12.4. The van der Waals surface area contributed by atoms with Crippen LogP contribution in [0.4, 0.5) is 5.69 Å². The van der Waals surface area contributed by atoms with Gasteiger partial charge in [0.2, 0.25) is 0 Å². The lowest BCUT2D eigenvalue weighted by atomic mass is 10.1. The number of esters is 1. The summed E-state index contributed by atoms with van der Waals surface area (Å²) in [4.78, 5) is 24.5. The highest BCUT2D eigenvalue weighted by molar-refractivity contribution is 6.04. The van der Waals surface area contributed by atoms with Crippen LogP contribution in [0.1, 0.15) is 28.4 Å². The average Bonchev–Trinajstić information content (AvgIpc) is 2.74. The van der Waals surface area contributed by atoms with Crippen LogP contribution in [-0.2, 0) is 16.1 Å². The fraction of sp³-hybridized carbons (Fsp3) is 0.167. The van der Waals surface area contributed by atoms with E-state index in [4.69, 9.17) is 9.47 Å². The molecule has 0 aliphatic rings. The Labute approximate surface area is 170 Å². The summed E-state index contributed by atoms with van der Waals surface area (Å²) in [6.07, 6.45) is -0.759. The summed E-state index contributed by atoms with van der Waals surface area (Å²) in [5.74, 6) is -0.169. The molecule has 0 spiro atoms. The molecule has 29 heavy (non-hydrogen) atoms. The molecule has 0 bridgehead atoms. The van der Waals surface area contributed by atoms with E-state index in [1.54, 1.807) is 31.2 Å². The largest absolute Gasteiger partial charge is 0.479 e. The lowest BCUT2D eigenvalue weighted by Crippen LogP contribution is -2.26. The minimum absolute atomic E-state index is 0.200. The molecule has 0 heterocycles. The molecule has 1 atom stereocenters. The van der Waals surface area contributed by atoms with Gasteiger partial charge in [-0.05, 0) is 55.3 Å². The first-order valence-electron chi connectivity index (χ1n) is 9.37. The smallest absolute Gasteiger partial charge is 0.347 e. The van der Waals surface area contributed by atoms with Gasteiger partial charge in [0.05, 0.1) is 0 Å². The molecule has 3 aromatic carbocycles. The molecule has 0 saturated carbocycles. The van der Waals surface area contributed by atoms with E-state index in [-0.39, 0.29) is 12.5 Å².